The van der Waals surface area contributed by atoms with Gasteiger partial charge in [0.1, 0.15) is 11.6 Å². The van der Waals surface area contributed by atoms with Crippen LogP contribution in [0.1, 0.15) is 43.8 Å². The monoisotopic (exact) mass is 364 g/mol. The Hall–Kier alpha value is -1.67. The van der Waals surface area contributed by atoms with E-state index in [4.69, 9.17) is 4.74 Å². The summed E-state index contributed by atoms with van der Waals surface area (Å²) in [4.78, 5) is 18.6. The number of likely N-dealkylation sites (N-methyl/N-ethyl adjacent to an activating group) is 1. The number of carbonyl (C=O) groups is 1. The van der Waals surface area contributed by atoms with E-state index in [0.717, 1.165) is 76.7 Å². The molecule has 0 saturated carbocycles. The van der Waals surface area contributed by atoms with Gasteiger partial charge < -0.3 is 19.1 Å². The second kappa shape index (κ2) is 8.81. The zero-order chi connectivity index (χ0) is 18.5. The number of nitrogens with zero attached hydrogens (tertiary/aromatic N) is 6. The van der Waals surface area contributed by atoms with Crippen molar-refractivity contribution in [1.82, 2.24) is 29.5 Å². The molecule has 26 heavy (non-hydrogen) atoms. The number of likely N-dealkylation sites (tertiary alicyclic amines) is 1. The third-order valence-corrected chi connectivity index (χ3v) is 5.51. The highest BCUT2D eigenvalue weighted by molar-refractivity contribution is 5.67. The van der Waals surface area contributed by atoms with Crippen LogP contribution in [0.5, 0.6) is 0 Å². The Bertz CT molecular complexity index is 589. The highest BCUT2D eigenvalue weighted by Gasteiger charge is 2.28. The van der Waals surface area contributed by atoms with Crippen molar-refractivity contribution in [3.8, 4) is 0 Å². The molecule has 3 heterocycles. The molecule has 0 atom stereocenters. The molecule has 2 fully saturated rings. The van der Waals surface area contributed by atoms with Crippen LogP contribution in [-0.4, -0.2) is 88.5 Å². The zero-order valence-corrected chi connectivity index (χ0v) is 16.4. The van der Waals surface area contributed by atoms with Crippen LogP contribution in [0.15, 0.2) is 0 Å². The van der Waals surface area contributed by atoms with Crippen LogP contribution in [0.4, 0.5) is 4.79 Å². The van der Waals surface area contributed by atoms with Crippen molar-refractivity contribution in [3.05, 3.63) is 11.6 Å². The number of hydrogen-bond donors (Lipinski definition) is 0. The Kier molecular flexibility index (Phi) is 6.48. The Morgan fingerprint density at radius 2 is 1.77 bits per heavy atom. The summed E-state index contributed by atoms with van der Waals surface area (Å²) < 4.78 is 7.40. The summed E-state index contributed by atoms with van der Waals surface area (Å²) >= 11 is 0. The Morgan fingerprint density at radius 1 is 1.08 bits per heavy atom. The van der Waals surface area contributed by atoms with Crippen molar-refractivity contribution in [3.63, 3.8) is 0 Å². The van der Waals surface area contributed by atoms with Crippen LogP contribution in [0.2, 0.25) is 0 Å². The molecule has 0 spiro atoms. The number of hydrogen-bond acceptors (Lipinski definition) is 6. The maximum absolute atomic E-state index is 12.0. The zero-order valence-electron chi connectivity index (χ0n) is 16.4. The molecule has 1 aromatic rings. The molecule has 8 heteroatoms. The summed E-state index contributed by atoms with van der Waals surface area (Å²) in [5.74, 6) is 2.45. The van der Waals surface area contributed by atoms with Gasteiger partial charge in [-0.25, -0.2) is 4.79 Å². The van der Waals surface area contributed by atoms with Gasteiger partial charge in [0.25, 0.3) is 0 Å². The van der Waals surface area contributed by atoms with Crippen molar-refractivity contribution < 1.29 is 9.53 Å². The molecule has 2 saturated heterocycles. The largest absolute Gasteiger partial charge is 0.449 e. The molecular weight excluding hydrogens is 332 g/mol. The molecule has 0 aliphatic carbocycles. The number of carbonyl (C=O) groups excluding carboxylic acids is 1. The number of piperidine rings is 1. The first kappa shape index (κ1) is 19.1. The molecule has 1 amide bonds. The van der Waals surface area contributed by atoms with Crippen LogP contribution in [-0.2, 0) is 18.3 Å². The molecule has 0 bridgehead atoms. The standard InChI is InChI=1S/C18H32N6O2/c1-4-13-26-18(25)24-7-5-15(6-8-24)17-20-19-16(22(17)3)14-23-11-9-21(2)10-12-23/h15H,4-14H2,1-3H3. The lowest BCUT2D eigenvalue weighted by Crippen LogP contribution is -2.44. The molecule has 0 N–H and O–H groups in total. The number of ether oxygens (including phenoxy) is 1. The minimum Gasteiger partial charge on any atom is -0.449 e. The third-order valence-electron chi connectivity index (χ3n) is 5.51. The van der Waals surface area contributed by atoms with Crippen molar-refractivity contribution in [2.75, 3.05) is 52.9 Å². The summed E-state index contributed by atoms with van der Waals surface area (Å²) in [6, 6.07) is 0. The fourth-order valence-corrected chi connectivity index (χ4v) is 3.68. The van der Waals surface area contributed by atoms with Gasteiger partial charge in [-0.3, -0.25) is 4.90 Å². The van der Waals surface area contributed by atoms with E-state index >= 15 is 0 Å². The van der Waals surface area contributed by atoms with E-state index in [0.29, 0.717) is 12.5 Å². The molecule has 3 rings (SSSR count). The van der Waals surface area contributed by atoms with Gasteiger partial charge in [0.15, 0.2) is 0 Å². The first-order valence-corrected chi connectivity index (χ1v) is 9.79. The molecule has 0 radical (unpaired) electrons. The minimum absolute atomic E-state index is 0.181. The van der Waals surface area contributed by atoms with Gasteiger partial charge in [-0.05, 0) is 26.3 Å². The molecule has 2 aliphatic rings. The van der Waals surface area contributed by atoms with E-state index < -0.39 is 0 Å². The van der Waals surface area contributed by atoms with Gasteiger partial charge in [0, 0.05) is 52.2 Å². The minimum atomic E-state index is -0.181. The predicted octanol–water partition coefficient (Wildman–Crippen LogP) is 1.29. The molecule has 146 valence electrons. The average Bonchev–Trinajstić information content (AvgIpc) is 3.02. The Labute approximate surface area is 156 Å². The van der Waals surface area contributed by atoms with Gasteiger partial charge >= 0.3 is 6.09 Å². The molecule has 8 nitrogen and oxygen atoms in total. The predicted molar refractivity (Wildman–Crippen MR) is 99.0 cm³/mol. The number of piperazine rings is 1. The maximum atomic E-state index is 12.0. The van der Waals surface area contributed by atoms with Gasteiger partial charge in [0.2, 0.25) is 0 Å². The second-order valence-electron chi connectivity index (χ2n) is 7.49. The van der Waals surface area contributed by atoms with Crippen LogP contribution in [0.3, 0.4) is 0 Å². The summed E-state index contributed by atoms with van der Waals surface area (Å²) in [5.41, 5.74) is 0. The Morgan fingerprint density at radius 3 is 2.42 bits per heavy atom. The van der Waals surface area contributed by atoms with E-state index in [1.54, 1.807) is 0 Å². The molecule has 2 aliphatic heterocycles. The Balaban J connectivity index is 1.53. The normalized spacial score (nSPS) is 20.5. The smallest absolute Gasteiger partial charge is 0.409 e. The maximum Gasteiger partial charge on any atom is 0.409 e. The SMILES string of the molecule is CCCOC(=O)N1CCC(c2nnc(CN3CCN(C)CC3)n2C)CC1. The van der Waals surface area contributed by atoms with Crippen molar-refractivity contribution in [1.29, 1.82) is 0 Å². The first-order valence-electron chi connectivity index (χ1n) is 9.79. The topological polar surface area (TPSA) is 66.7 Å². The fourth-order valence-electron chi connectivity index (χ4n) is 3.68. The van der Waals surface area contributed by atoms with Gasteiger partial charge in [-0.2, -0.15) is 0 Å². The second-order valence-corrected chi connectivity index (χ2v) is 7.49. The van der Waals surface area contributed by atoms with Gasteiger partial charge in [-0.1, -0.05) is 6.92 Å². The third kappa shape index (κ3) is 4.54. The van der Waals surface area contributed by atoms with E-state index in [2.05, 4.69) is 38.7 Å². The van der Waals surface area contributed by atoms with E-state index in [-0.39, 0.29) is 6.09 Å². The van der Waals surface area contributed by atoms with Crippen LogP contribution in [0.25, 0.3) is 0 Å². The quantitative estimate of drug-likeness (QED) is 0.784. The van der Waals surface area contributed by atoms with Gasteiger partial charge in [0.05, 0.1) is 13.2 Å². The van der Waals surface area contributed by atoms with E-state index in [1.807, 2.05) is 11.8 Å². The van der Waals surface area contributed by atoms with Crippen molar-refractivity contribution in [2.45, 2.75) is 38.6 Å². The average molecular weight is 364 g/mol. The molecular formula is C18H32N6O2. The van der Waals surface area contributed by atoms with E-state index in [9.17, 15) is 4.79 Å². The molecule has 0 unspecified atom stereocenters. The highest BCUT2D eigenvalue weighted by atomic mass is 16.6. The van der Waals surface area contributed by atoms with Crippen molar-refractivity contribution >= 4 is 6.09 Å². The summed E-state index contributed by atoms with van der Waals surface area (Å²) in [6.45, 7) is 9.20. The van der Waals surface area contributed by atoms with Gasteiger partial charge in [-0.15, -0.1) is 10.2 Å². The fraction of sp³-hybridized carbons (Fsp3) is 0.833. The highest BCUT2D eigenvalue weighted by Crippen LogP contribution is 2.27. The number of rotatable bonds is 5. The number of aromatic nitrogens is 3. The van der Waals surface area contributed by atoms with Crippen LogP contribution < -0.4 is 0 Å². The molecule has 1 aromatic heterocycles. The van der Waals surface area contributed by atoms with E-state index in [1.165, 1.54) is 0 Å². The molecule has 0 aromatic carbocycles. The first-order chi connectivity index (χ1) is 12.6. The summed E-state index contributed by atoms with van der Waals surface area (Å²) in [6.07, 6.45) is 2.51. The summed E-state index contributed by atoms with van der Waals surface area (Å²) in [7, 11) is 4.24. The lowest BCUT2D eigenvalue weighted by Gasteiger charge is -2.32. The lowest BCUT2D eigenvalue weighted by atomic mass is 9.96. The lowest BCUT2D eigenvalue weighted by molar-refractivity contribution is 0.0921. The van der Waals surface area contributed by atoms with Crippen molar-refractivity contribution in [2.24, 2.45) is 7.05 Å². The number of amides is 1. The van der Waals surface area contributed by atoms with Crippen LogP contribution >= 0.6 is 0 Å². The summed E-state index contributed by atoms with van der Waals surface area (Å²) in [5, 5.41) is 8.93. The van der Waals surface area contributed by atoms with Crippen LogP contribution in [0, 0.1) is 0 Å².